The Bertz CT molecular complexity index is 569. The van der Waals surface area contributed by atoms with Crippen LogP contribution in [0.1, 0.15) is 29.9 Å². The molecule has 1 atom stereocenters. The minimum Gasteiger partial charge on any atom is -0.316 e. The largest absolute Gasteiger partial charge is 0.316 e. The number of nitrogens with one attached hydrogen (secondary N) is 1. The summed E-state index contributed by atoms with van der Waals surface area (Å²) in [7, 11) is -3.15. The van der Waals surface area contributed by atoms with Crippen molar-refractivity contribution in [1.29, 1.82) is 0 Å². The Hall–Kier alpha value is -1.13. The zero-order chi connectivity index (χ0) is 11.9. The molecular weight excluding hydrogens is 234 g/mol. The first-order valence-electron chi connectivity index (χ1n) is 5.95. The first-order chi connectivity index (χ1) is 8.17. The Morgan fingerprint density at radius 1 is 1.29 bits per heavy atom. The van der Waals surface area contributed by atoms with E-state index < -0.39 is 9.84 Å². The molecule has 0 bridgehead atoms. The lowest BCUT2D eigenvalue weighted by atomic mass is 9.91. The van der Waals surface area contributed by atoms with Gasteiger partial charge in [-0.2, -0.15) is 0 Å². The second-order valence-electron chi connectivity index (χ2n) is 4.69. The first kappa shape index (κ1) is 11.0. The summed E-state index contributed by atoms with van der Waals surface area (Å²) < 4.78 is 23.3. The van der Waals surface area contributed by atoms with Crippen molar-refractivity contribution in [2.45, 2.75) is 23.7 Å². The lowest BCUT2D eigenvalue weighted by molar-refractivity contribution is 0.461. The summed E-state index contributed by atoms with van der Waals surface area (Å²) in [5.41, 5.74) is 2.09. The third kappa shape index (κ3) is 1.91. The maximum absolute atomic E-state index is 11.6. The van der Waals surface area contributed by atoms with E-state index in [0.717, 1.165) is 18.7 Å². The molecule has 2 aliphatic rings. The Labute approximate surface area is 101 Å². The molecule has 1 unspecified atom stereocenters. The summed E-state index contributed by atoms with van der Waals surface area (Å²) in [4.78, 5) is 0.449. The number of fused-ring (bicyclic) bond motifs is 1. The van der Waals surface area contributed by atoms with Gasteiger partial charge in [0.2, 0.25) is 0 Å². The minimum absolute atomic E-state index is 0.449. The highest BCUT2D eigenvalue weighted by Crippen LogP contribution is 2.31. The van der Waals surface area contributed by atoms with Gasteiger partial charge in [0, 0.05) is 12.0 Å². The minimum atomic E-state index is -3.15. The van der Waals surface area contributed by atoms with Gasteiger partial charge in [0.15, 0.2) is 9.84 Å². The molecule has 2 aliphatic heterocycles. The number of rotatable bonds is 1. The predicted molar refractivity (Wildman–Crippen MR) is 67.5 cm³/mol. The highest BCUT2D eigenvalue weighted by atomic mass is 32.2. The number of hydrogen-bond donors (Lipinski definition) is 1. The van der Waals surface area contributed by atoms with Gasteiger partial charge < -0.3 is 5.32 Å². The van der Waals surface area contributed by atoms with E-state index in [0.29, 0.717) is 10.8 Å². The molecule has 17 heavy (non-hydrogen) atoms. The van der Waals surface area contributed by atoms with Crippen LogP contribution < -0.4 is 5.32 Å². The third-order valence-electron chi connectivity index (χ3n) is 3.54. The van der Waals surface area contributed by atoms with E-state index in [1.54, 1.807) is 12.1 Å². The van der Waals surface area contributed by atoms with E-state index >= 15 is 0 Å². The van der Waals surface area contributed by atoms with Crippen LogP contribution in [0, 0.1) is 0 Å². The van der Waals surface area contributed by atoms with Crippen molar-refractivity contribution in [3.63, 3.8) is 0 Å². The Morgan fingerprint density at radius 2 is 2.18 bits per heavy atom. The Balaban J connectivity index is 1.97. The quantitative estimate of drug-likeness (QED) is 0.827. The van der Waals surface area contributed by atoms with Gasteiger partial charge in [0.25, 0.3) is 0 Å². The number of piperidine rings is 1. The third-order valence-corrected chi connectivity index (χ3v) is 5.01. The Kier molecular flexibility index (Phi) is 2.56. The molecule has 90 valence electrons. The van der Waals surface area contributed by atoms with Crippen LogP contribution in [0.15, 0.2) is 28.5 Å². The van der Waals surface area contributed by atoms with Crippen molar-refractivity contribution in [3.8, 4) is 0 Å². The van der Waals surface area contributed by atoms with Crippen LogP contribution in [-0.4, -0.2) is 21.5 Å². The summed E-state index contributed by atoms with van der Waals surface area (Å²) in [6, 6.07) is 5.73. The fraction of sp³-hybridized carbons (Fsp3) is 0.385. The van der Waals surface area contributed by atoms with Gasteiger partial charge >= 0.3 is 0 Å². The van der Waals surface area contributed by atoms with Crippen molar-refractivity contribution in [3.05, 3.63) is 34.7 Å². The Morgan fingerprint density at radius 3 is 2.94 bits per heavy atom. The number of hydrogen-bond acceptors (Lipinski definition) is 3. The molecule has 0 amide bonds. The molecule has 1 aromatic carbocycles. The van der Waals surface area contributed by atoms with Crippen molar-refractivity contribution in [2.24, 2.45) is 0 Å². The maximum Gasteiger partial charge on any atom is 0.200 e. The average Bonchev–Trinajstić information content (AvgIpc) is 2.66. The summed E-state index contributed by atoms with van der Waals surface area (Å²) in [5, 5.41) is 4.67. The fourth-order valence-electron chi connectivity index (χ4n) is 2.58. The van der Waals surface area contributed by atoms with Gasteiger partial charge in [-0.3, -0.25) is 0 Å². The fourth-order valence-corrected chi connectivity index (χ4v) is 3.77. The van der Waals surface area contributed by atoms with E-state index in [1.807, 2.05) is 12.1 Å². The van der Waals surface area contributed by atoms with Crippen molar-refractivity contribution in [2.75, 3.05) is 13.1 Å². The molecule has 1 saturated heterocycles. The second-order valence-corrected chi connectivity index (χ2v) is 6.49. The van der Waals surface area contributed by atoms with Crippen LogP contribution in [0.5, 0.6) is 0 Å². The monoisotopic (exact) mass is 249 g/mol. The molecule has 3 nitrogen and oxygen atoms in total. The van der Waals surface area contributed by atoms with Crippen LogP contribution in [0.2, 0.25) is 0 Å². The van der Waals surface area contributed by atoms with E-state index in [4.69, 9.17) is 0 Å². The molecule has 0 aromatic heterocycles. The van der Waals surface area contributed by atoms with Crippen molar-refractivity contribution < 1.29 is 8.42 Å². The van der Waals surface area contributed by atoms with Crippen LogP contribution in [0.25, 0.3) is 6.08 Å². The smallest absolute Gasteiger partial charge is 0.200 e. The van der Waals surface area contributed by atoms with Crippen LogP contribution >= 0.6 is 0 Å². The second kappa shape index (κ2) is 3.96. The van der Waals surface area contributed by atoms with E-state index in [9.17, 15) is 8.42 Å². The van der Waals surface area contributed by atoms with E-state index in [2.05, 4.69) is 5.32 Å². The molecule has 2 heterocycles. The average molecular weight is 249 g/mol. The lowest BCUT2D eigenvalue weighted by Crippen LogP contribution is -2.28. The topological polar surface area (TPSA) is 46.2 Å². The summed E-state index contributed by atoms with van der Waals surface area (Å²) in [6.45, 7) is 2.09. The molecule has 0 spiro atoms. The van der Waals surface area contributed by atoms with Gasteiger partial charge in [-0.25, -0.2) is 8.42 Å². The molecule has 0 aliphatic carbocycles. The normalized spacial score (nSPS) is 25.8. The van der Waals surface area contributed by atoms with E-state index in [-0.39, 0.29) is 0 Å². The zero-order valence-corrected chi connectivity index (χ0v) is 10.3. The molecule has 1 N–H and O–H groups in total. The number of sulfone groups is 1. The highest BCUT2D eigenvalue weighted by molar-refractivity contribution is 7.94. The SMILES string of the molecule is O=S1(=O)C=Cc2cc(C3CCCNC3)ccc21. The maximum atomic E-state index is 11.6. The molecule has 1 aromatic rings. The van der Waals surface area contributed by atoms with Crippen molar-refractivity contribution >= 4 is 15.9 Å². The molecule has 1 fully saturated rings. The van der Waals surface area contributed by atoms with Gasteiger partial charge in [0.05, 0.1) is 4.90 Å². The summed E-state index contributed by atoms with van der Waals surface area (Å²) in [6.07, 6.45) is 4.07. The van der Waals surface area contributed by atoms with Crippen molar-refractivity contribution in [1.82, 2.24) is 5.32 Å². The summed E-state index contributed by atoms with van der Waals surface area (Å²) >= 11 is 0. The number of benzene rings is 1. The molecule has 0 radical (unpaired) electrons. The zero-order valence-electron chi connectivity index (χ0n) is 9.52. The molecule has 4 heteroatoms. The summed E-state index contributed by atoms with van der Waals surface area (Å²) in [5.74, 6) is 0.519. The van der Waals surface area contributed by atoms with Crippen LogP contribution in [-0.2, 0) is 9.84 Å². The van der Waals surface area contributed by atoms with Crippen LogP contribution in [0.4, 0.5) is 0 Å². The molecule has 3 rings (SSSR count). The molecule has 0 saturated carbocycles. The lowest BCUT2D eigenvalue weighted by Gasteiger charge is -2.23. The molecular formula is C13H15NO2S. The van der Waals surface area contributed by atoms with Gasteiger partial charge in [-0.15, -0.1) is 0 Å². The standard InChI is InChI=1S/C13H15NO2S/c15-17(16)7-5-11-8-10(3-4-13(11)17)12-2-1-6-14-9-12/h3-5,7-8,12,14H,1-2,6,9H2. The highest BCUT2D eigenvalue weighted by Gasteiger charge is 2.22. The first-order valence-corrected chi connectivity index (χ1v) is 7.49. The van der Waals surface area contributed by atoms with Gasteiger partial charge in [-0.05, 0) is 48.6 Å². The predicted octanol–water partition coefficient (Wildman–Crippen LogP) is 1.91. The van der Waals surface area contributed by atoms with E-state index in [1.165, 1.54) is 23.8 Å². The van der Waals surface area contributed by atoms with Gasteiger partial charge in [0.1, 0.15) is 0 Å². The van der Waals surface area contributed by atoms with Crippen LogP contribution in [0.3, 0.4) is 0 Å². The van der Waals surface area contributed by atoms with Gasteiger partial charge in [-0.1, -0.05) is 12.1 Å².